The maximum atomic E-state index is 11.9. The second-order valence-corrected chi connectivity index (χ2v) is 8.74. The highest BCUT2D eigenvalue weighted by Crippen LogP contribution is 2.28. The second-order valence-electron chi connectivity index (χ2n) is 6.33. The summed E-state index contributed by atoms with van der Waals surface area (Å²) in [5.41, 5.74) is -5.02. The fourth-order valence-corrected chi connectivity index (χ4v) is 3.73. The third-order valence-corrected chi connectivity index (χ3v) is 6.12. The molecule has 0 heterocycles. The third kappa shape index (κ3) is 7.79. The van der Waals surface area contributed by atoms with Crippen molar-refractivity contribution in [3.63, 3.8) is 0 Å². The lowest BCUT2D eigenvalue weighted by Gasteiger charge is -2.21. The van der Waals surface area contributed by atoms with Gasteiger partial charge in [0.15, 0.2) is 0 Å². The Hall–Kier alpha value is -0.200. The molecular weight excluding hydrogens is 364 g/mol. The smallest absolute Gasteiger partial charge is 0.299 e. The zero-order chi connectivity index (χ0) is 18.2. The zero-order valence-corrected chi connectivity index (χ0v) is 15.7. The number of carbonyl (C=O) groups excluding carboxylic acids is 1. The molecule has 0 N–H and O–H groups in total. The quantitative estimate of drug-likeness (QED) is 0.410. The molecule has 0 saturated heterocycles. The van der Waals surface area contributed by atoms with E-state index >= 15 is 0 Å². The SMILES string of the molecule is O=C1CCCCC1P.O=S(=O)(OCCC1CCCCC1)C(F)(F)F. The van der Waals surface area contributed by atoms with Crippen LogP contribution in [0.1, 0.15) is 64.2 Å². The van der Waals surface area contributed by atoms with Crippen LogP contribution in [0.2, 0.25) is 0 Å². The number of ketones is 1. The maximum absolute atomic E-state index is 11.9. The number of Topliss-reactive ketones (excluding diaryl/α,β-unsaturated/α-hetero) is 1. The standard InChI is InChI=1S/C9H15F3O3S.C6H11OP/c10-9(11,12)16(13,14)15-7-6-8-4-2-1-3-5-8;7-5-3-1-2-4-6(5)8/h8H,1-7H2;6H,1-4,8H2. The van der Waals surface area contributed by atoms with Crippen molar-refractivity contribution in [3.8, 4) is 0 Å². The first-order valence-corrected chi connectivity index (χ1v) is 10.4. The van der Waals surface area contributed by atoms with Crippen LogP contribution in [0.25, 0.3) is 0 Å². The molecule has 0 aromatic heterocycles. The lowest BCUT2D eigenvalue weighted by atomic mass is 9.87. The molecule has 2 rings (SSSR count). The number of carbonyl (C=O) groups is 1. The summed E-state index contributed by atoms with van der Waals surface area (Å²) >= 11 is 0. The first-order chi connectivity index (χ1) is 11.1. The first kappa shape index (κ1) is 21.8. The van der Waals surface area contributed by atoms with Gasteiger partial charge in [-0.25, -0.2) is 0 Å². The van der Waals surface area contributed by atoms with Gasteiger partial charge in [0.25, 0.3) is 0 Å². The summed E-state index contributed by atoms with van der Waals surface area (Å²) in [6, 6.07) is 0. The number of halogens is 3. The molecule has 2 saturated carbocycles. The van der Waals surface area contributed by atoms with Crippen LogP contribution in [-0.4, -0.2) is 32.0 Å². The van der Waals surface area contributed by atoms with Gasteiger partial charge in [-0.1, -0.05) is 38.5 Å². The minimum absolute atomic E-state index is 0.281. The molecule has 2 fully saturated rings. The summed E-state index contributed by atoms with van der Waals surface area (Å²) in [5.74, 6) is 0.735. The first-order valence-electron chi connectivity index (χ1n) is 8.37. The van der Waals surface area contributed by atoms with E-state index in [2.05, 4.69) is 13.4 Å². The molecule has 0 aromatic rings. The molecule has 0 aliphatic heterocycles. The molecule has 142 valence electrons. The van der Waals surface area contributed by atoms with Gasteiger partial charge in [0.1, 0.15) is 5.78 Å². The van der Waals surface area contributed by atoms with Crippen LogP contribution in [-0.2, 0) is 19.1 Å². The van der Waals surface area contributed by atoms with Gasteiger partial charge in [-0.15, -0.1) is 9.24 Å². The molecule has 0 spiro atoms. The van der Waals surface area contributed by atoms with E-state index in [1.54, 1.807) is 0 Å². The average molecular weight is 390 g/mol. The Labute approximate surface area is 144 Å². The second kappa shape index (κ2) is 10.1. The molecule has 0 bridgehead atoms. The molecule has 2 aliphatic carbocycles. The lowest BCUT2D eigenvalue weighted by molar-refractivity contribution is -0.119. The van der Waals surface area contributed by atoms with Crippen molar-refractivity contribution in [2.75, 3.05) is 6.61 Å². The van der Waals surface area contributed by atoms with Gasteiger partial charge in [-0.05, 0) is 25.2 Å². The summed E-state index contributed by atoms with van der Waals surface area (Å²) in [5, 5.41) is 0. The highest BCUT2D eigenvalue weighted by atomic mass is 32.2. The van der Waals surface area contributed by atoms with Gasteiger partial charge in [0.2, 0.25) is 0 Å². The van der Waals surface area contributed by atoms with Crippen LogP contribution in [0.3, 0.4) is 0 Å². The van der Waals surface area contributed by atoms with Crippen molar-refractivity contribution < 1.29 is 30.6 Å². The highest BCUT2D eigenvalue weighted by molar-refractivity contribution is 7.87. The number of hydrogen-bond acceptors (Lipinski definition) is 4. The monoisotopic (exact) mass is 390 g/mol. The molecule has 0 aromatic carbocycles. The van der Waals surface area contributed by atoms with Gasteiger partial charge in [-0.3, -0.25) is 8.98 Å². The van der Waals surface area contributed by atoms with Crippen molar-refractivity contribution in [3.05, 3.63) is 0 Å². The normalized spacial score (nSPS) is 23.5. The predicted molar refractivity (Wildman–Crippen MR) is 89.1 cm³/mol. The molecule has 9 heteroatoms. The molecular formula is C15H26F3O4PS. The molecule has 2 aliphatic rings. The van der Waals surface area contributed by atoms with Crippen LogP contribution in [0.15, 0.2) is 0 Å². The number of hydrogen-bond donors (Lipinski definition) is 0. The minimum atomic E-state index is -5.40. The summed E-state index contributed by atoms with van der Waals surface area (Å²) < 4.78 is 60.7. The van der Waals surface area contributed by atoms with Gasteiger partial charge in [-0.2, -0.15) is 21.6 Å². The van der Waals surface area contributed by atoms with E-state index in [1.807, 2.05) is 0 Å². The van der Waals surface area contributed by atoms with Crippen LogP contribution in [0.4, 0.5) is 13.2 Å². The number of rotatable bonds is 4. The Bertz CT molecular complexity index is 487. The highest BCUT2D eigenvalue weighted by Gasteiger charge is 2.47. The van der Waals surface area contributed by atoms with Gasteiger partial charge in [0, 0.05) is 12.1 Å². The summed E-state index contributed by atoms with van der Waals surface area (Å²) in [6.07, 6.45) is 9.83. The Balaban J connectivity index is 0.000000300. The van der Waals surface area contributed by atoms with Crippen LogP contribution < -0.4 is 0 Å². The van der Waals surface area contributed by atoms with Crippen LogP contribution >= 0.6 is 9.24 Å². The van der Waals surface area contributed by atoms with E-state index in [9.17, 15) is 26.4 Å². The van der Waals surface area contributed by atoms with E-state index in [0.717, 1.165) is 51.4 Å². The molecule has 0 amide bonds. The van der Waals surface area contributed by atoms with Crippen LogP contribution in [0, 0.1) is 5.92 Å². The van der Waals surface area contributed by atoms with Crippen molar-refractivity contribution in [1.29, 1.82) is 0 Å². The minimum Gasteiger partial charge on any atom is -0.299 e. The third-order valence-electron chi connectivity index (χ3n) is 4.37. The van der Waals surface area contributed by atoms with Crippen molar-refractivity contribution in [1.82, 2.24) is 0 Å². The van der Waals surface area contributed by atoms with Crippen molar-refractivity contribution >= 4 is 25.1 Å². The van der Waals surface area contributed by atoms with E-state index < -0.39 is 15.6 Å². The Kier molecular flexibility index (Phi) is 9.17. The van der Waals surface area contributed by atoms with E-state index in [4.69, 9.17) is 0 Å². The fraction of sp³-hybridized carbons (Fsp3) is 0.933. The van der Waals surface area contributed by atoms with E-state index in [0.29, 0.717) is 18.1 Å². The van der Waals surface area contributed by atoms with E-state index in [1.165, 1.54) is 6.42 Å². The van der Waals surface area contributed by atoms with Gasteiger partial charge < -0.3 is 0 Å². The fourth-order valence-electron chi connectivity index (χ4n) is 2.88. The summed E-state index contributed by atoms with van der Waals surface area (Å²) in [6.45, 7) is -0.369. The van der Waals surface area contributed by atoms with E-state index in [-0.39, 0.29) is 12.3 Å². The molecule has 2 unspecified atom stereocenters. The average Bonchev–Trinajstić information content (AvgIpc) is 2.51. The lowest BCUT2D eigenvalue weighted by Crippen LogP contribution is -2.26. The number of alkyl halides is 3. The summed E-state index contributed by atoms with van der Waals surface area (Å²) in [7, 11) is -2.80. The van der Waals surface area contributed by atoms with Crippen molar-refractivity contribution in [2.24, 2.45) is 5.92 Å². The topological polar surface area (TPSA) is 60.4 Å². The molecule has 4 nitrogen and oxygen atoms in total. The van der Waals surface area contributed by atoms with Crippen LogP contribution in [0.5, 0.6) is 0 Å². The Morgan fingerprint density at radius 1 is 1.04 bits per heavy atom. The zero-order valence-electron chi connectivity index (χ0n) is 13.7. The van der Waals surface area contributed by atoms with Gasteiger partial charge >= 0.3 is 15.6 Å². The Morgan fingerprint density at radius 3 is 2.08 bits per heavy atom. The predicted octanol–water partition coefficient (Wildman–Crippen LogP) is 4.20. The van der Waals surface area contributed by atoms with Gasteiger partial charge in [0.05, 0.1) is 6.61 Å². The van der Waals surface area contributed by atoms with Crippen molar-refractivity contribution in [2.45, 2.75) is 75.4 Å². The molecule has 0 radical (unpaired) electrons. The Morgan fingerprint density at radius 2 is 1.62 bits per heavy atom. The largest absolute Gasteiger partial charge is 0.523 e. The maximum Gasteiger partial charge on any atom is 0.523 e. The molecule has 24 heavy (non-hydrogen) atoms. The summed E-state index contributed by atoms with van der Waals surface area (Å²) in [4.78, 5) is 10.8. The molecule has 2 atom stereocenters.